The number of hydrogen-bond acceptors (Lipinski definition) is 3. The largest absolute Gasteiger partial charge is 0.290 e. The summed E-state index contributed by atoms with van der Waals surface area (Å²) in [6.07, 6.45) is 0. The van der Waals surface area contributed by atoms with Crippen LogP contribution in [0.5, 0.6) is 0 Å². The number of Topliss-reactive ketones (excluding diaryl/α,β-unsaturated/α-hetero) is 1. The smallest absolute Gasteiger partial charge is 0.247 e. The number of ketones is 1. The van der Waals surface area contributed by atoms with E-state index < -0.39 is 24.0 Å². The Labute approximate surface area is 144 Å². The topological polar surface area (TPSA) is 51.2 Å². The van der Waals surface area contributed by atoms with Crippen LogP contribution in [0.3, 0.4) is 0 Å². The molecule has 0 bridgehead atoms. The van der Waals surface area contributed by atoms with E-state index in [1.54, 1.807) is 12.1 Å². The van der Waals surface area contributed by atoms with Gasteiger partial charge in [-0.1, -0.05) is 17.7 Å². The summed E-state index contributed by atoms with van der Waals surface area (Å²) in [6, 6.07) is 10.8. The molecule has 0 aliphatic rings. The molecule has 0 heterocycles. The maximum absolute atomic E-state index is 12.9. The Bertz CT molecular complexity index is 798. The Morgan fingerprint density at radius 1 is 1.00 bits per heavy atom. The van der Waals surface area contributed by atoms with Crippen molar-refractivity contribution in [3.63, 3.8) is 0 Å². The molecule has 0 aromatic heterocycles. The average Bonchev–Trinajstić information content (AvgIpc) is 2.47. The second-order valence-electron chi connectivity index (χ2n) is 4.67. The van der Waals surface area contributed by atoms with E-state index in [2.05, 4.69) is 31.9 Å². The van der Waals surface area contributed by atoms with Crippen LogP contribution in [0.4, 0.5) is 4.39 Å². The van der Waals surface area contributed by atoms with Crippen molar-refractivity contribution in [1.29, 1.82) is 0 Å². The lowest BCUT2D eigenvalue weighted by Crippen LogP contribution is -2.34. The first-order valence-electron chi connectivity index (χ1n) is 6.16. The third-order valence-electron chi connectivity index (χ3n) is 3.04. The summed E-state index contributed by atoms with van der Waals surface area (Å²) in [4.78, 5) is 12.5. The quantitative estimate of drug-likeness (QED) is 0.518. The van der Waals surface area contributed by atoms with Gasteiger partial charge >= 0.3 is 0 Å². The van der Waals surface area contributed by atoms with Crippen LogP contribution in [0.15, 0.2) is 53.4 Å². The zero-order valence-corrected chi connectivity index (χ0v) is 15.4. The minimum Gasteiger partial charge on any atom is -0.290 e. The van der Waals surface area contributed by atoms with Crippen molar-refractivity contribution in [3.05, 3.63) is 65.5 Å². The van der Waals surface area contributed by atoms with Crippen LogP contribution in [0.25, 0.3) is 0 Å². The molecule has 116 valence electrons. The van der Waals surface area contributed by atoms with Gasteiger partial charge in [0.05, 0.1) is 4.90 Å². The van der Waals surface area contributed by atoms with Gasteiger partial charge in [0.2, 0.25) is 18.2 Å². The normalized spacial score (nSPS) is 12.2. The number of alkyl halides is 2. The zero-order valence-electron chi connectivity index (χ0n) is 11.4. The van der Waals surface area contributed by atoms with E-state index in [1.807, 2.05) is 6.92 Å². The summed E-state index contributed by atoms with van der Waals surface area (Å²) in [7, 11) is -4.02. The number of hydrogen-bond donors (Lipinski definition) is 0. The highest BCUT2D eigenvalue weighted by Crippen LogP contribution is 2.40. The second-order valence-corrected chi connectivity index (χ2v) is 11.3. The fraction of sp³-hybridized carbons (Fsp3) is 0.133. The van der Waals surface area contributed by atoms with Crippen molar-refractivity contribution >= 4 is 47.5 Å². The van der Waals surface area contributed by atoms with Gasteiger partial charge < -0.3 is 0 Å². The maximum Gasteiger partial charge on any atom is 0.247 e. The van der Waals surface area contributed by atoms with Crippen LogP contribution in [-0.2, 0) is 9.84 Å². The minimum atomic E-state index is -4.02. The summed E-state index contributed by atoms with van der Waals surface area (Å²) in [5.41, 5.74) is 0.976. The number of halogens is 3. The van der Waals surface area contributed by atoms with Gasteiger partial charge in [-0.3, -0.25) is 4.79 Å². The zero-order chi connectivity index (χ0) is 16.5. The number of carbonyl (C=O) groups excluding carboxylic acids is 1. The molecule has 0 amide bonds. The van der Waals surface area contributed by atoms with Gasteiger partial charge in [0.15, 0.2) is 0 Å². The first-order chi connectivity index (χ1) is 10.2. The number of benzene rings is 2. The van der Waals surface area contributed by atoms with Crippen LogP contribution < -0.4 is 0 Å². The van der Waals surface area contributed by atoms with Gasteiger partial charge in [0.1, 0.15) is 5.82 Å². The highest BCUT2D eigenvalue weighted by molar-refractivity contribution is 9.28. The molecule has 0 unspecified atom stereocenters. The molecule has 3 nitrogen and oxygen atoms in total. The highest BCUT2D eigenvalue weighted by Gasteiger charge is 2.47. The van der Waals surface area contributed by atoms with Gasteiger partial charge in [-0.15, -0.1) is 0 Å². The lowest BCUT2D eigenvalue weighted by atomic mass is 10.1. The monoisotopic (exact) mass is 448 g/mol. The molecule has 0 N–H and O–H groups in total. The second kappa shape index (κ2) is 6.22. The van der Waals surface area contributed by atoms with E-state index in [9.17, 15) is 17.6 Å². The van der Waals surface area contributed by atoms with Crippen LogP contribution in [0.2, 0.25) is 0 Å². The predicted molar refractivity (Wildman–Crippen MR) is 89.7 cm³/mol. The number of aryl methyl sites for hydroxylation is 1. The van der Waals surface area contributed by atoms with Gasteiger partial charge in [-0.05, 0) is 75.2 Å². The number of sulfone groups is 1. The minimum absolute atomic E-state index is 0.00214. The molecule has 2 aromatic rings. The Balaban J connectivity index is 2.45. The molecule has 0 aliphatic heterocycles. The van der Waals surface area contributed by atoms with E-state index in [0.29, 0.717) is 0 Å². The molecule has 0 saturated carbocycles. The molecule has 2 rings (SSSR count). The van der Waals surface area contributed by atoms with Gasteiger partial charge in [0, 0.05) is 5.56 Å². The molecule has 0 spiro atoms. The third kappa shape index (κ3) is 3.16. The van der Waals surface area contributed by atoms with Crippen LogP contribution in [-0.4, -0.2) is 16.8 Å². The van der Waals surface area contributed by atoms with Crippen molar-refractivity contribution < 1.29 is 17.6 Å². The van der Waals surface area contributed by atoms with E-state index in [0.717, 1.165) is 17.7 Å². The van der Waals surface area contributed by atoms with E-state index >= 15 is 0 Å². The fourth-order valence-corrected chi connectivity index (χ4v) is 4.49. The molecule has 0 radical (unpaired) electrons. The average molecular weight is 450 g/mol. The van der Waals surface area contributed by atoms with Crippen molar-refractivity contribution in [2.24, 2.45) is 0 Å². The number of rotatable bonds is 4. The standard InChI is InChI=1S/C15H11Br2FO3S/c1-10-2-8-13(9-3-10)22(20,21)15(16,17)14(19)11-4-6-12(18)7-5-11/h2-9H,1H3. The lowest BCUT2D eigenvalue weighted by molar-refractivity contribution is 0.100. The van der Waals surface area contributed by atoms with Crippen molar-refractivity contribution in [1.82, 2.24) is 0 Å². The molecule has 0 aliphatic carbocycles. The first-order valence-corrected chi connectivity index (χ1v) is 9.22. The van der Waals surface area contributed by atoms with Crippen molar-refractivity contribution in [2.75, 3.05) is 0 Å². The predicted octanol–water partition coefficient (Wildman–Crippen LogP) is 4.23. The summed E-state index contributed by atoms with van der Waals surface area (Å²) in [6.45, 7) is 1.83. The van der Waals surface area contributed by atoms with Gasteiger partial charge in [0.25, 0.3) is 0 Å². The summed E-state index contributed by atoms with van der Waals surface area (Å²) >= 11 is 5.93. The Hall–Kier alpha value is -1.05. The van der Waals surface area contributed by atoms with E-state index in [4.69, 9.17) is 0 Å². The van der Waals surface area contributed by atoms with Crippen LogP contribution in [0, 0.1) is 12.7 Å². The molecule has 7 heteroatoms. The first kappa shape index (κ1) is 17.3. The van der Waals surface area contributed by atoms with Gasteiger partial charge in [-0.25, -0.2) is 12.8 Å². The Kier molecular flexibility index (Phi) is 4.89. The van der Waals surface area contributed by atoms with Crippen molar-refractivity contribution in [3.8, 4) is 0 Å². The molecule has 0 fully saturated rings. The Morgan fingerprint density at radius 3 is 2.00 bits per heavy atom. The lowest BCUT2D eigenvalue weighted by Gasteiger charge is -2.20. The summed E-state index contributed by atoms with van der Waals surface area (Å²) in [5, 5.41) is 0. The summed E-state index contributed by atoms with van der Waals surface area (Å²) in [5.74, 6) is -1.24. The molecule has 2 aromatic carbocycles. The maximum atomic E-state index is 12.9. The molecular weight excluding hydrogens is 439 g/mol. The fourth-order valence-electron chi connectivity index (χ4n) is 1.76. The molecule has 0 saturated heterocycles. The van der Waals surface area contributed by atoms with E-state index in [-0.39, 0.29) is 10.5 Å². The number of carbonyl (C=O) groups is 1. The van der Waals surface area contributed by atoms with Crippen LogP contribution in [0.1, 0.15) is 15.9 Å². The summed E-state index contributed by atoms with van der Waals surface area (Å²) < 4.78 is 36.2. The highest BCUT2D eigenvalue weighted by atomic mass is 79.9. The SMILES string of the molecule is Cc1ccc(S(=O)(=O)C(Br)(Br)C(=O)c2ccc(F)cc2)cc1. The molecule has 22 heavy (non-hydrogen) atoms. The van der Waals surface area contributed by atoms with Crippen LogP contribution >= 0.6 is 31.9 Å². The van der Waals surface area contributed by atoms with Gasteiger partial charge in [-0.2, -0.15) is 0 Å². The Morgan fingerprint density at radius 2 is 1.50 bits per heavy atom. The molecule has 0 atom stereocenters. The third-order valence-corrected chi connectivity index (χ3v) is 8.07. The van der Waals surface area contributed by atoms with E-state index in [1.165, 1.54) is 24.3 Å². The molecular formula is C15H11Br2FO3S. The van der Waals surface area contributed by atoms with Crippen molar-refractivity contribution in [2.45, 2.75) is 14.4 Å².